The van der Waals surface area contributed by atoms with Crippen LogP contribution in [0.3, 0.4) is 0 Å². The molecule has 0 aliphatic rings. The molecule has 0 fully saturated rings. The van der Waals surface area contributed by atoms with Crippen LogP contribution in [0.1, 0.15) is 29.8 Å². The number of hydrogen-bond donors (Lipinski definition) is 0. The lowest BCUT2D eigenvalue weighted by Gasteiger charge is -2.23. The lowest BCUT2D eigenvalue weighted by Crippen LogP contribution is -2.37. The highest BCUT2D eigenvalue weighted by Gasteiger charge is 2.35. The van der Waals surface area contributed by atoms with Crippen molar-refractivity contribution in [1.29, 1.82) is 0 Å². The van der Waals surface area contributed by atoms with E-state index >= 15 is 0 Å². The number of thioether (sulfide) groups is 1. The van der Waals surface area contributed by atoms with Gasteiger partial charge in [0.15, 0.2) is 5.78 Å². The van der Waals surface area contributed by atoms with Gasteiger partial charge in [-0.25, -0.2) is 0 Å². The predicted molar refractivity (Wildman–Crippen MR) is 96.1 cm³/mol. The molecule has 2 aromatic rings. The van der Waals surface area contributed by atoms with E-state index in [0.717, 1.165) is 10.5 Å². The van der Waals surface area contributed by atoms with E-state index in [9.17, 15) is 13.2 Å². The number of ketones is 1. The first-order chi connectivity index (χ1) is 11.2. The monoisotopic (exact) mass is 364 g/mol. The van der Waals surface area contributed by atoms with Gasteiger partial charge >= 0.3 is 0 Å². The first-order valence-corrected chi connectivity index (χ1v) is 10.0. The molecule has 0 bridgehead atoms. The molecule has 2 rings (SSSR count). The van der Waals surface area contributed by atoms with Crippen molar-refractivity contribution >= 4 is 27.7 Å². The van der Waals surface area contributed by atoms with E-state index < -0.39 is 15.7 Å². The van der Waals surface area contributed by atoms with Crippen molar-refractivity contribution in [3.8, 4) is 0 Å². The number of benzene rings is 2. The van der Waals surface area contributed by atoms with Crippen molar-refractivity contribution in [2.45, 2.75) is 36.2 Å². The molecule has 0 heterocycles. The molecule has 0 radical (unpaired) electrons. The second-order valence-electron chi connectivity index (χ2n) is 5.92. The zero-order valence-corrected chi connectivity index (χ0v) is 15.7. The van der Waals surface area contributed by atoms with E-state index in [1.54, 1.807) is 36.0 Å². The number of Topliss-reactive ketones (excluding diaryl/α,β-unsaturated/α-hetero) is 1. The molecule has 24 heavy (non-hydrogen) atoms. The Kier molecular flexibility index (Phi) is 5.52. The Labute approximate surface area is 147 Å². The van der Waals surface area contributed by atoms with E-state index in [0.29, 0.717) is 5.56 Å². The molecule has 2 aromatic carbocycles. The Hall–Kier alpha value is -1.63. The predicted octanol–water partition coefficient (Wildman–Crippen LogP) is 4.08. The topological polar surface area (TPSA) is 60.4 Å². The van der Waals surface area contributed by atoms with E-state index in [4.69, 9.17) is 4.18 Å². The summed E-state index contributed by atoms with van der Waals surface area (Å²) < 4.78 is 30.1. The van der Waals surface area contributed by atoms with E-state index in [1.165, 1.54) is 26.0 Å². The van der Waals surface area contributed by atoms with Gasteiger partial charge in [0, 0.05) is 10.5 Å². The summed E-state index contributed by atoms with van der Waals surface area (Å²) in [5.41, 5.74) is -0.139. The van der Waals surface area contributed by atoms with Crippen molar-refractivity contribution in [2.24, 2.45) is 0 Å². The number of hydrogen-bond acceptors (Lipinski definition) is 5. The van der Waals surface area contributed by atoms with Crippen LogP contribution in [0, 0.1) is 6.92 Å². The third kappa shape index (κ3) is 4.26. The fourth-order valence-electron chi connectivity index (χ4n) is 2.16. The molecular weight excluding hydrogens is 344 g/mol. The fraction of sp³-hybridized carbons (Fsp3) is 0.278. The quantitative estimate of drug-likeness (QED) is 0.439. The Morgan fingerprint density at radius 2 is 1.54 bits per heavy atom. The first-order valence-electron chi connectivity index (χ1n) is 7.37. The maximum absolute atomic E-state index is 12.6. The van der Waals surface area contributed by atoms with Crippen molar-refractivity contribution in [2.75, 3.05) is 6.26 Å². The summed E-state index contributed by atoms with van der Waals surface area (Å²) in [5.74, 6) is -0.383. The summed E-state index contributed by atoms with van der Waals surface area (Å²) in [5, 5.41) is 0. The van der Waals surface area contributed by atoms with Gasteiger partial charge in [-0.3, -0.25) is 8.98 Å². The van der Waals surface area contributed by atoms with Gasteiger partial charge in [0.1, 0.15) is 5.60 Å². The Morgan fingerprint density at radius 1 is 1.00 bits per heavy atom. The van der Waals surface area contributed by atoms with Crippen LogP contribution in [-0.2, 0) is 14.3 Å². The van der Waals surface area contributed by atoms with Crippen molar-refractivity contribution in [3.63, 3.8) is 0 Å². The zero-order chi connectivity index (χ0) is 18.0. The Balaban J connectivity index is 2.25. The number of carbonyl (C=O) groups excluding carboxylic acids is 1. The molecule has 0 saturated carbocycles. The van der Waals surface area contributed by atoms with Crippen LogP contribution in [0.2, 0.25) is 0 Å². The highest BCUT2D eigenvalue weighted by atomic mass is 32.2. The molecule has 4 nitrogen and oxygen atoms in total. The minimum atomic E-state index is -4.03. The minimum Gasteiger partial charge on any atom is -0.291 e. The highest BCUT2D eigenvalue weighted by Crippen LogP contribution is 2.25. The standard InChI is InChI=1S/C18H20O4S2/c1-13-5-11-16(12-6-13)24(20,21)22-18(2,3)17(19)14-7-9-15(23-4)10-8-14/h5-12H,1-4H3. The van der Waals surface area contributed by atoms with Gasteiger partial charge in [-0.2, -0.15) is 8.42 Å². The van der Waals surface area contributed by atoms with Crippen LogP contribution >= 0.6 is 11.8 Å². The lowest BCUT2D eigenvalue weighted by atomic mass is 9.97. The first kappa shape index (κ1) is 18.7. The molecule has 6 heteroatoms. The number of rotatable bonds is 6. The van der Waals surface area contributed by atoms with Crippen LogP contribution in [-0.4, -0.2) is 26.1 Å². The largest absolute Gasteiger partial charge is 0.297 e. The van der Waals surface area contributed by atoms with Crippen LogP contribution in [0.4, 0.5) is 0 Å². The number of carbonyl (C=O) groups is 1. The van der Waals surface area contributed by atoms with Gasteiger partial charge < -0.3 is 0 Å². The van der Waals surface area contributed by atoms with Gasteiger partial charge in [-0.15, -0.1) is 11.8 Å². The molecular formula is C18H20O4S2. The maximum Gasteiger partial charge on any atom is 0.297 e. The average molecular weight is 364 g/mol. The van der Waals surface area contributed by atoms with E-state index in [-0.39, 0.29) is 10.7 Å². The van der Waals surface area contributed by atoms with Crippen molar-refractivity contribution in [3.05, 3.63) is 59.7 Å². The fourth-order valence-corrected chi connectivity index (χ4v) is 3.75. The van der Waals surface area contributed by atoms with E-state index in [2.05, 4.69) is 0 Å². The molecule has 0 unspecified atom stereocenters. The second kappa shape index (κ2) is 7.09. The Bertz CT molecular complexity index is 820. The van der Waals surface area contributed by atoms with Gasteiger partial charge in [-0.1, -0.05) is 29.8 Å². The third-order valence-electron chi connectivity index (χ3n) is 3.53. The molecule has 0 N–H and O–H groups in total. The molecule has 0 aliphatic carbocycles. The second-order valence-corrected chi connectivity index (χ2v) is 8.34. The van der Waals surface area contributed by atoms with Crippen LogP contribution in [0.5, 0.6) is 0 Å². The van der Waals surface area contributed by atoms with Gasteiger partial charge in [-0.05, 0) is 51.3 Å². The smallest absolute Gasteiger partial charge is 0.291 e. The molecule has 0 spiro atoms. The SMILES string of the molecule is CSc1ccc(C(=O)C(C)(C)OS(=O)(=O)c2ccc(C)cc2)cc1. The molecule has 0 amide bonds. The average Bonchev–Trinajstić information content (AvgIpc) is 2.53. The molecule has 0 saturated heterocycles. The minimum absolute atomic E-state index is 0.0340. The maximum atomic E-state index is 12.6. The highest BCUT2D eigenvalue weighted by molar-refractivity contribution is 7.98. The summed E-state index contributed by atoms with van der Waals surface area (Å²) in [7, 11) is -4.03. The molecule has 0 aromatic heterocycles. The molecule has 0 atom stereocenters. The summed E-state index contributed by atoms with van der Waals surface area (Å²) in [6, 6.07) is 13.3. The summed E-state index contributed by atoms with van der Waals surface area (Å²) in [4.78, 5) is 13.7. The number of aryl methyl sites for hydroxylation is 1. The lowest BCUT2D eigenvalue weighted by molar-refractivity contribution is 0.0605. The molecule has 128 valence electrons. The van der Waals surface area contributed by atoms with Gasteiger partial charge in [0.2, 0.25) is 0 Å². The van der Waals surface area contributed by atoms with Gasteiger partial charge in [0.25, 0.3) is 10.1 Å². The van der Waals surface area contributed by atoms with Crippen LogP contribution in [0.15, 0.2) is 58.3 Å². The van der Waals surface area contributed by atoms with E-state index in [1.807, 2.05) is 25.3 Å². The summed E-state index contributed by atoms with van der Waals surface area (Å²) >= 11 is 1.57. The van der Waals surface area contributed by atoms with Crippen molar-refractivity contribution < 1.29 is 17.4 Å². The zero-order valence-electron chi connectivity index (χ0n) is 14.1. The molecule has 0 aliphatic heterocycles. The third-order valence-corrected chi connectivity index (χ3v) is 5.76. The van der Waals surface area contributed by atoms with Crippen LogP contribution in [0.25, 0.3) is 0 Å². The Morgan fingerprint density at radius 3 is 2.04 bits per heavy atom. The summed E-state index contributed by atoms with van der Waals surface area (Å²) in [6.45, 7) is 4.79. The normalized spacial score (nSPS) is 12.2. The van der Waals surface area contributed by atoms with Gasteiger partial charge in [0.05, 0.1) is 4.90 Å². The summed E-state index contributed by atoms with van der Waals surface area (Å²) in [6.07, 6.45) is 1.94. The van der Waals surface area contributed by atoms with Crippen molar-refractivity contribution in [1.82, 2.24) is 0 Å². The van der Waals surface area contributed by atoms with Crippen LogP contribution < -0.4 is 0 Å².